The number of amides is 1. The summed E-state index contributed by atoms with van der Waals surface area (Å²) in [5, 5.41) is 0.501. The zero-order valence-electron chi connectivity index (χ0n) is 24.6. The van der Waals surface area contributed by atoms with Crippen LogP contribution in [0.2, 0.25) is 0 Å². The number of nitrogens with zero attached hydrogens (tertiary/aromatic N) is 1. The Morgan fingerprint density at radius 1 is 0.936 bits per heavy atom. The number of phosphoric acid groups is 1. The molecule has 0 spiro atoms. The minimum atomic E-state index is -4.62. The molecule has 1 aromatic heterocycles. The third-order valence-electron chi connectivity index (χ3n) is 7.66. The van der Waals surface area contributed by atoms with Crippen LogP contribution in [0.3, 0.4) is 0 Å². The summed E-state index contributed by atoms with van der Waals surface area (Å²) in [7, 11) is -4.62. The van der Waals surface area contributed by atoms with Gasteiger partial charge in [0.25, 0.3) is 5.56 Å². The van der Waals surface area contributed by atoms with Gasteiger partial charge in [-0.25, -0.2) is 9.36 Å². The average molecular weight is 665 g/mol. The molecule has 1 fully saturated rings. The molecule has 9 nitrogen and oxygen atoms in total. The van der Waals surface area contributed by atoms with Gasteiger partial charge in [0.1, 0.15) is 6.10 Å². The number of aromatic amines is 1. The van der Waals surface area contributed by atoms with Crippen LogP contribution in [0.15, 0.2) is 114 Å². The third-order valence-corrected chi connectivity index (χ3v) is 8.65. The molecule has 1 saturated heterocycles. The molecule has 47 heavy (non-hydrogen) atoms. The Hall–Kier alpha value is -4.74. The number of hydrogen-bond acceptors (Lipinski definition) is 6. The highest BCUT2D eigenvalue weighted by Crippen LogP contribution is 2.49. The lowest BCUT2D eigenvalue weighted by atomic mass is 10.0. The molecule has 1 aliphatic heterocycles. The molecule has 13 heteroatoms. The van der Waals surface area contributed by atoms with Crippen LogP contribution in [0, 0.1) is 0 Å². The maximum Gasteiger partial charge on any atom is 0.472 e. The number of ether oxygens (including phenoxy) is 1. The first-order valence-corrected chi connectivity index (χ1v) is 16.0. The van der Waals surface area contributed by atoms with E-state index < -0.39 is 50.0 Å². The summed E-state index contributed by atoms with van der Waals surface area (Å²) in [6.07, 6.45) is -6.82. The fourth-order valence-corrected chi connectivity index (χ4v) is 6.36. The molecule has 6 rings (SSSR count). The van der Waals surface area contributed by atoms with Crippen molar-refractivity contribution in [3.63, 3.8) is 0 Å². The van der Waals surface area contributed by atoms with Gasteiger partial charge >= 0.3 is 20.1 Å². The van der Waals surface area contributed by atoms with E-state index in [2.05, 4.69) is 4.98 Å². The summed E-state index contributed by atoms with van der Waals surface area (Å²) >= 11 is 0. The first-order valence-electron chi connectivity index (χ1n) is 14.5. The summed E-state index contributed by atoms with van der Waals surface area (Å²) in [4.78, 5) is 40.1. The van der Waals surface area contributed by atoms with Crippen molar-refractivity contribution in [1.29, 1.82) is 0 Å². The molecule has 3 unspecified atom stereocenters. The van der Waals surface area contributed by atoms with E-state index in [0.29, 0.717) is 17.4 Å². The van der Waals surface area contributed by atoms with Gasteiger partial charge in [0.05, 0.1) is 24.8 Å². The van der Waals surface area contributed by atoms with Gasteiger partial charge in [0.15, 0.2) is 0 Å². The highest BCUT2D eigenvalue weighted by atomic mass is 31.2. The summed E-state index contributed by atoms with van der Waals surface area (Å²) in [6.45, 7) is -0.510. The first kappa shape index (κ1) is 32.2. The van der Waals surface area contributed by atoms with Gasteiger partial charge < -0.3 is 14.6 Å². The molecule has 2 heterocycles. The first-order chi connectivity index (χ1) is 22.5. The van der Waals surface area contributed by atoms with E-state index in [-0.39, 0.29) is 28.9 Å². The van der Waals surface area contributed by atoms with Gasteiger partial charge in [-0.05, 0) is 40.8 Å². The number of halogens is 3. The number of H-pyrrole nitrogens is 1. The van der Waals surface area contributed by atoms with Crippen molar-refractivity contribution < 1.29 is 41.2 Å². The van der Waals surface area contributed by atoms with Crippen LogP contribution in [0.25, 0.3) is 22.0 Å². The maximum atomic E-state index is 13.6. The lowest BCUT2D eigenvalue weighted by molar-refractivity contribution is -0.137. The Labute approximate surface area is 266 Å². The van der Waals surface area contributed by atoms with Crippen LogP contribution < -0.4 is 10.5 Å². The number of alkyl halides is 3. The Balaban J connectivity index is 1.15. The van der Waals surface area contributed by atoms with Crippen molar-refractivity contribution in [3.05, 3.63) is 136 Å². The summed E-state index contributed by atoms with van der Waals surface area (Å²) < 4.78 is 70.0. The number of carbonyl (C=O) groups excluding carboxylic acids is 1. The predicted octanol–water partition coefficient (Wildman–Crippen LogP) is 7.66. The molecule has 0 bridgehead atoms. The molecule has 1 aliphatic rings. The number of aromatic nitrogens is 1. The van der Waals surface area contributed by atoms with Crippen molar-refractivity contribution >= 4 is 30.4 Å². The number of pyridine rings is 1. The molecule has 4 aromatic carbocycles. The van der Waals surface area contributed by atoms with Crippen LogP contribution in [0.5, 0.6) is 0 Å². The second-order valence-corrected chi connectivity index (χ2v) is 12.3. The largest absolute Gasteiger partial charge is 0.472 e. The topological polar surface area (TPSA) is 118 Å². The fourth-order valence-electron chi connectivity index (χ4n) is 5.43. The van der Waals surface area contributed by atoms with Crippen LogP contribution in [-0.2, 0) is 30.9 Å². The minimum absolute atomic E-state index is 0.00473. The third kappa shape index (κ3) is 7.47. The van der Waals surface area contributed by atoms with Gasteiger partial charge in [0, 0.05) is 28.8 Å². The Morgan fingerprint density at radius 2 is 1.62 bits per heavy atom. The molecular formula is C34H28F3N2O7P. The van der Waals surface area contributed by atoms with Crippen LogP contribution in [0.4, 0.5) is 23.7 Å². The van der Waals surface area contributed by atoms with Crippen molar-refractivity contribution in [2.45, 2.75) is 24.8 Å². The lowest BCUT2D eigenvalue weighted by Crippen LogP contribution is -2.26. The van der Waals surface area contributed by atoms with Crippen LogP contribution in [0.1, 0.15) is 22.8 Å². The van der Waals surface area contributed by atoms with E-state index >= 15 is 0 Å². The van der Waals surface area contributed by atoms with Crippen molar-refractivity contribution in [3.8, 4) is 11.3 Å². The van der Waals surface area contributed by atoms with Gasteiger partial charge in [-0.1, -0.05) is 84.9 Å². The summed E-state index contributed by atoms with van der Waals surface area (Å²) in [6, 6.07) is 29.1. The quantitative estimate of drug-likeness (QED) is 0.147. The van der Waals surface area contributed by atoms with Gasteiger partial charge in [-0.15, -0.1) is 0 Å². The average Bonchev–Trinajstić information content (AvgIpc) is 3.44. The summed E-state index contributed by atoms with van der Waals surface area (Å²) in [5.41, 5.74) is 0.141. The van der Waals surface area contributed by atoms with Crippen molar-refractivity contribution in [2.24, 2.45) is 0 Å². The zero-order valence-corrected chi connectivity index (χ0v) is 25.5. The number of phosphoric ester groups is 1. The molecular weight excluding hydrogens is 636 g/mol. The second kappa shape index (κ2) is 13.2. The second-order valence-electron chi connectivity index (χ2n) is 10.9. The van der Waals surface area contributed by atoms with Gasteiger partial charge in [0.2, 0.25) is 0 Å². The van der Waals surface area contributed by atoms with Crippen LogP contribution in [-0.4, -0.2) is 35.2 Å². The number of hydrogen-bond donors (Lipinski definition) is 2. The number of cyclic esters (lactones) is 1. The maximum absolute atomic E-state index is 13.6. The van der Waals surface area contributed by atoms with E-state index in [9.17, 15) is 32.2 Å². The number of fused-ring (bicyclic) bond motifs is 1. The van der Waals surface area contributed by atoms with Crippen molar-refractivity contribution in [2.75, 3.05) is 18.1 Å². The minimum Gasteiger partial charge on any atom is -0.441 e. The number of carbonyl (C=O) groups is 1. The van der Waals surface area contributed by atoms with E-state index in [4.69, 9.17) is 13.8 Å². The van der Waals surface area contributed by atoms with Crippen LogP contribution >= 0.6 is 7.82 Å². The molecule has 242 valence electrons. The van der Waals surface area contributed by atoms with Gasteiger partial charge in [-0.2, -0.15) is 13.2 Å². The van der Waals surface area contributed by atoms with Gasteiger partial charge in [-0.3, -0.25) is 18.7 Å². The summed E-state index contributed by atoms with van der Waals surface area (Å²) in [5.74, 6) is 0. The Bertz CT molecular complexity index is 2000. The lowest BCUT2D eigenvalue weighted by Gasteiger charge is -2.22. The zero-order chi connectivity index (χ0) is 33.2. The van der Waals surface area contributed by atoms with E-state index in [1.807, 2.05) is 36.4 Å². The molecule has 0 saturated carbocycles. The van der Waals surface area contributed by atoms with E-state index in [1.165, 1.54) is 47.4 Å². The molecule has 2 N–H and O–H groups in total. The monoisotopic (exact) mass is 664 g/mol. The normalized spacial score (nSPS) is 17.0. The number of benzene rings is 4. The molecule has 1 amide bonds. The smallest absolute Gasteiger partial charge is 0.441 e. The SMILES string of the molecule is O=C1OC(COP(=O)(O)OC(Cc2ccccc2)c2ccccc2)CN1c1ccc2cc(-c3ccccc3C(F)(F)F)[nH]c(=O)c2c1. The Morgan fingerprint density at radius 3 is 2.34 bits per heavy atom. The fraction of sp³-hybridized carbons (Fsp3) is 0.176. The van der Waals surface area contributed by atoms with E-state index in [1.54, 1.807) is 24.3 Å². The molecule has 5 aromatic rings. The standard InChI is InChI=1S/C34H28F3N2O7P/c35-34(36,37)29-14-8-7-13-27(29)30-18-24-15-16-25(19-28(24)32(40)38-30)39-20-26(45-33(39)41)21-44-47(42,43)46-31(23-11-5-2-6-12-23)17-22-9-3-1-4-10-22/h1-16,18-19,26,31H,17,20-21H2,(H,38,40)(H,42,43). The Kier molecular flexibility index (Phi) is 9.03. The number of nitrogens with one attached hydrogen (secondary N) is 1. The van der Waals surface area contributed by atoms with Crippen molar-refractivity contribution in [1.82, 2.24) is 4.98 Å². The molecule has 3 atom stereocenters. The highest BCUT2D eigenvalue weighted by Gasteiger charge is 2.37. The predicted molar refractivity (Wildman–Crippen MR) is 169 cm³/mol. The number of rotatable bonds is 10. The highest BCUT2D eigenvalue weighted by molar-refractivity contribution is 7.47. The molecule has 0 radical (unpaired) electrons. The molecule has 0 aliphatic carbocycles. The number of anilines is 1. The van der Waals surface area contributed by atoms with E-state index in [0.717, 1.165) is 11.6 Å².